The maximum atomic E-state index is 11.9. The molecular weight excluding hydrogens is 294 g/mol. The van der Waals surface area contributed by atoms with Crippen LogP contribution in [0.2, 0.25) is 0 Å². The third-order valence-corrected chi connectivity index (χ3v) is 4.56. The van der Waals surface area contributed by atoms with E-state index in [9.17, 15) is 14.7 Å². The van der Waals surface area contributed by atoms with Gasteiger partial charge in [0.15, 0.2) is 0 Å². The summed E-state index contributed by atoms with van der Waals surface area (Å²) < 4.78 is 5.12. The maximum Gasteiger partial charge on any atom is 0.408 e. The van der Waals surface area contributed by atoms with Crippen LogP contribution in [-0.2, 0) is 16.1 Å². The van der Waals surface area contributed by atoms with Gasteiger partial charge >= 0.3 is 12.1 Å². The molecule has 1 aliphatic carbocycles. The number of carbonyl (C=O) groups excluding carboxylic acids is 1. The van der Waals surface area contributed by atoms with Gasteiger partial charge in [0.2, 0.25) is 0 Å². The van der Waals surface area contributed by atoms with Gasteiger partial charge in [-0.15, -0.1) is 0 Å². The summed E-state index contributed by atoms with van der Waals surface area (Å²) in [4.78, 5) is 23.3. The average Bonchev–Trinajstić information content (AvgIpc) is 2.54. The van der Waals surface area contributed by atoms with E-state index >= 15 is 0 Å². The predicted octanol–water partition coefficient (Wildman–Crippen LogP) is 3.73. The van der Waals surface area contributed by atoms with Crippen molar-refractivity contribution in [2.45, 2.75) is 58.1 Å². The number of amides is 1. The van der Waals surface area contributed by atoms with Gasteiger partial charge in [-0.2, -0.15) is 0 Å². The van der Waals surface area contributed by atoms with Crippen molar-refractivity contribution in [1.29, 1.82) is 0 Å². The summed E-state index contributed by atoms with van der Waals surface area (Å²) in [5.74, 6) is -1.01. The summed E-state index contributed by atoms with van der Waals surface area (Å²) in [5, 5.41) is 11.9. The summed E-state index contributed by atoms with van der Waals surface area (Å²) in [6.45, 7) is 2.25. The monoisotopic (exact) mass is 319 g/mol. The van der Waals surface area contributed by atoms with Crippen LogP contribution in [0.1, 0.15) is 51.0 Å². The Balaban J connectivity index is 1.86. The van der Waals surface area contributed by atoms with E-state index < -0.39 is 18.1 Å². The smallest absolute Gasteiger partial charge is 0.408 e. The maximum absolute atomic E-state index is 11.9. The van der Waals surface area contributed by atoms with Gasteiger partial charge in [0.05, 0.1) is 0 Å². The van der Waals surface area contributed by atoms with E-state index in [1.807, 2.05) is 30.3 Å². The van der Waals surface area contributed by atoms with Crippen LogP contribution in [-0.4, -0.2) is 23.2 Å². The number of benzene rings is 1. The molecule has 0 radical (unpaired) electrons. The zero-order chi connectivity index (χ0) is 16.7. The van der Waals surface area contributed by atoms with Crippen LogP contribution in [0, 0.1) is 5.41 Å². The van der Waals surface area contributed by atoms with Crippen molar-refractivity contribution < 1.29 is 19.4 Å². The molecule has 1 fully saturated rings. The van der Waals surface area contributed by atoms with Gasteiger partial charge in [0.25, 0.3) is 0 Å². The number of carboxylic acids is 1. The van der Waals surface area contributed by atoms with Gasteiger partial charge in [-0.3, -0.25) is 0 Å². The molecule has 1 aliphatic rings. The molecule has 0 aromatic heterocycles. The molecule has 0 spiro atoms. The second-order valence-corrected chi connectivity index (χ2v) is 6.67. The summed E-state index contributed by atoms with van der Waals surface area (Å²) in [5.41, 5.74) is 0.849. The van der Waals surface area contributed by atoms with Gasteiger partial charge in [-0.1, -0.05) is 56.5 Å². The number of nitrogens with one attached hydrogen (secondary N) is 1. The second-order valence-electron chi connectivity index (χ2n) is 6.67. The Morgan fingerprint density at radius 1 is 1.22 bits per heavy atom. The van der Waals surface area contributed by atoms with E-state index in [1.54, 1.807) is 0 Å². The van der Waals surface area contributed by atoms with E-state index in [2.05, 4.69) is 12.2 Å². The van der Waals surface area contributed by atoms with Crippen LogP contribution < -0.4 is 5.32 Å². The minimum Gasteiger partial charge on any atom is -0.480 e. The molecule has 0 aliphatic heterocycles. The lowest BCUT2D eigenvalue weighted by Crippen LogP contribution is -2.44. The Kier molecular flexibility index (Phi) is 6.02. The zero-order valence-electron chi connectivity index (χ0n) is 13.6. The fourth-order valence-corrected chi connectivity index (χ4v) is 3.21. The molecule has 2 N–H and O–H groups in total. The molecule has 0 bridgehead atoms. The van der Waals surface area contributed by atoms with Gasteiger partial charge in [0.1, 0.15) is 12.6 Å². The van der Waals surface area contributed by atoms with E-state index in [1.165, 1.54) is 6.42 Å². The molecule has 1 atom stereocenters. The van der Waals surface area contributed by atoms with Gasteiger partial charge in [-0.05, 0) is 30.2 Å². The number of ether oxygens (including phenoxy) is 1. The van der Waals surface area contributed by atoms with Crippen molar-refractivity contribution in [2.24, 2.45) is 5.41 Å². The first kappa shape index (κ1) is 17.3. The Morgan fingerprint density at radius 3 is 2.48 bits per heavy atom. The number of aliphatic carboxylic acids is 1. The SMILES string of the molecule is CC1(C[C@@H](NC(=O)OCc2ccccc2)C(=O)O)CCCCC1. The quantitative estimate of drug-likeness (QED) is 0.838. The molecular formula is C18H25NO4. The largest absolute Gasteiger partial charge is 0.480 e. The number of carbonyl (C=O) groups is 2. The van der Waals surface area contributed by atoms with Crippen molar-refractivity contribution in [3.05, 3.63) is 35.9 Å². The molecule has 1 amide bonds. The molecule has 1 saturated carbocycles. The number of alkyl carbamates (subject to hydrolysis) is 1. The summed E-state index contributed by atoms with van der Waals surface area (Å²) in [6, 6.07) is 8.41. The highest BCUT2D eigenvalue weighted by Crippen LogP contribution is 2.39. The van der Waals surface area contributed by atoms with Crippen molar-refractivity contribution in [3.63, 3.8) is 0 Å². The lowest BCUT2D eigenvalue weighted by Gasteiger charge is -2.35. The minimum absolute atomic E-state index is 0.0198. The highest BCUT2D eigenvalue weighted by molar-refractivity contribution is 5.79. The molecule has 2 rings (SSSR count). The van der Waals surface area contributed by atoms with Crippen LogP contribution in [0.5, 0.6) is 0 Å². The van der Waals surface area contributed by atoms with Crippen LogP contribution >= 0.6 is 0 Å². The molecule has 1 aromatic carbocycles. The number of carboxylic acid groups (broad SMARTS) is 1. The number of hydrogen-bond donors (Lipinski definition) is 2. The van der Waals surface area contributed by atoms with Crippen molar-refractivity contribution in [3.8, 4) is 0 Å². The summed E-state index contributed by atoms with van der Waals surface area (Å²) in [7, 11) is 0. The average molecular weight is 319 g/mol. The first-order valence-electron chi connectivity index (χ1n) is 8.19. The van der Waals surface area contributed by atoms with Crippen molar-refractivity contribution in [1.82, 2.24) is 5.32 Å². The molecule has 126 valence electrons. The lowest BCUT2D eigenvalue weighted by atomic mass is 9.72. The highest BCUT2D eigenvalue weighted by Gasteiger charge is 2.33. The molecule has 1 aromatic rings. The van der Waals surface area contributed by atoms with E-state index in [0.717, 1.165) is 31.2 Å². The zero-order valence-corrected chi connectivity index (χ0v) is 13.6. The van der Waals surface area contributed by atoms with Crippen LogP contribution in [0.3, 0.4) is 0 Å². The first-order valence-corrected chi connectivity index (χ1v) is 8.19. The van der Waals surface area contributed by atoms with Gasteiger partial charge in [-0.25, -0.2) is 9.59 Å². The normalized spacial score (nSPS) is 18.0. The standard InChI is InChI=1S/C18H25NO4/c1-18(10-6-3-7-11-18)12-15(16(20)21)19-17(22)23-13-14-8-4-2-5-9-14/h2,4-5,8-9,15H,3,6-7,10-13H2,1H3,(H,19,22)(H,20,21)/t15-/m1/s1. The third kappa shape index (κ3) is 5.58. The molecule has 0 saturated heterocycles. The summed E-state index contributed by atoms with van der Waals surface area (Å²) >= 11 is 0. The van der Waals surface area contributed by atoms with Gasteiger partial charge in [0, 0.05) is 0 Å². The highest BCUT2D eigenvalue weighted by atomic mass is 16.5. The Hall–Kier alpha value is -2.04. The Labute approximate surface area is 137 Å². The number of hydrogen-bond acceptors (Lipinski definition) is 3. The molecule has 0 unspecified atom stereocenters. The van der Waals surface area contributed by atoms with Crippen LogP contribution in [0.4, 0.5) is 4.79 Å². The third-order valence-electron chi connectivity index (χ3n) is 4.56. The Bertz CT molecular complexity index is 523. The molecule has 23 heavy (non-hydrogen) atoms. The topological polar surface area (TPSA) is 75.6 Å². The first-order chi connectivity index (χ1) is 11.0. The minimum atomic E-state index is -1.01. The predicted molar refractivity (Wildman–Crippen MR) is 87.0 cm³/mol. The number of rotatable bonds is 6. The van der Waals surface area contributed by atoms with E-state index in [-0.39, 0.29) is 12.0 Å². The molecule has 5 nitrogen and oxygen atoms in total. The van der Waals surface area contributed by atoms with Crippen LogP contribution in [0.25, 0.3) is 0 Å². The molecule has 0 heterocycles. The van der Waals surface area contributed by atoms with Crippen molar-refractivity contribution in [2.75, 3.05) is 0 Å². The molecule has 5 heteroatoms. The fourth-order valence-electron chi connectivity index (χ4n) is 3.21. The van der Waals surface area contributed by atoms with Crippen molar-refractivity contribution >= 4 is 12.1 Å². The second kappa shape index (κ2) is 7.99. The van der Waals surface area contributed by atoms with Gasteiger partial charge < -0.3 is 15.2 Å². The fraction of sp³-hybridized carbons (Fsp3) is 0.556. The lowest BCUT2D eigenvalue weighted by molar-refractivity contribution is -0.140. The van der Waals surface area contributed by atoms with E-state index in [0.29, 0.717) is 6.42 Å². The summed E-state index contributed by atoms with van der Waals surface area (Å²) in [6.07, 6.45) is 5.25. The Morgan fingerprint density at radius 2 is 1.87 bits per heavy atom. The van der Waals surface area contributed by atoms with E-state index in [4.69, 9.17) is 4.74 Å². The van der Waals surface area contributed by atoms with Crippen LogP contribution in [0.15, 0.2) is 30.3 Å².